The zero-order valence-electron chi connectivity index (χ0n) is 12.9. The third-order valence-electron chi connectivity index (χ3n) is 2.70. The third kappa shape index (κ3) is 5.59. The SMILES string of the molecule is CCC(N)C(SCC(=O)OC(C)(C)C)c1ccc(C)o1. The molecule has 2 atom stereocenters. The summed E-state index contributed by atoms with van der Waals surface area (Å²) in [6.07, 6.45) is 0.825. The van der Waals surface area contributed by atoms with Crippen LogP contribution in [0.1, 0.15) is 50.9 Å². The van der Waals surface area contributed by atoms with E-state index in [0.717, 1.165) is 17.9 Å². The molecule has 0 radical (unpaired) electrons. The average Bonchev–Trinajstić information content (AvgIpc) is 2.73. The van der Waals surface area contributed by atoms with E-state index >= 15 is 0 Å². The minimum atomic E-state index is -0.457. The van der Waals surface area contributed by atoms with E-state index in [1.54, 1.807) is 0 Å². The van der Waals surface area contributed by atoms with Crippen molar-refractivity contribution in [2.45, 2.75) is 57.9 Å². The molecule has 20 heavy (non-hydrogen) atoms. The van der Waals surface area contributed by atoms with Gasteiger partial charge in [-0.3, -0.25) is 4.79 Å². The molecule has 1 aromatic rings. The average molecular weight is 299 g/mol. The summed E-state index contributed by atoms with van der Waals surface area (Å²) in [6, 6.07) is 3.80. The molecule has 1 rings (SSSR count). The molecule has 0 amide bonds. The monoisotopic (exact) mass is 299 g/mol. The first kappa shape index (κ1) is 17.1. The van der Waals surface area contributed by atoms with Gasteiger partial charge in [-0.15, -0.1) is 11.8 Å². The van der Waals surface area contributed by atoms with E-state index in [1.165, 1.54) is 11.8 Å². The highest BCUT2D eigenvalue weighted by Gasteiger charge is 2.25. The number of rotatable bonds is 6. The van der Waals surface area contributed by atoms with Crippen LogP contribution in [-0.2, 0) is 9.53 Å². The van der Waals surface area contributed by atoms with Gasteiger partial charge in [-0.05, 0) is 46.2 Å². The van der Waals surface area contributed by atoms with Gasteiger partial charge in [0, 0.05) is 6.04 Å². The fraction of sp³-hybridized carbons (Fsp3) is 0.667. The molecule has 0 bridgehead atoms. The smallest absolute Gasteiger partial charge is 0.316 e. The maximum Gasteiger partial charge on any atom is 0.316 e. The predicted molar refractivity (Wildman–Crippen MR) is 82.8 cm³/mol. The first-order chi connectivity index (χ1) is 9.23. The molecule has 0 spiro atoms. The van der Waals surface area contributed by atoms with E-state index in [4.69, 9.17) is 14.9 Å². The van der Waals surface area contributed by atoms with E-state index in [2.05, 4.69) is 0 Å². The maximum absolute atomic E-state index is 11.8. The third-order valence-corrected chi connectivity index (χ3v) is 4.05. The number of carbonyl (C=O) groups is 1. The van der Waals surface area contributed by atoms with Gasteiger partial charge in [-0.2, -0.15) is 0 Å². The first-order valence-electron chi connectivity index (χ1n) is 6.88. The number of thioether (sulfide) groups is 1. The van der Waals surface area contributed by atoms with Crippen molar-refractivity contribution >= 4 is 17.7 Å². The molecule has 0 saturated carbocycles. The number of hydrogen-bond acceptors (Lipinski definition) is 5. The van der Waals surface area contributed by atoms with Gasteiger partial charge >= 0.3 is 5.97 Å². The van der Waals surface area contributed by atoms with Gasteiger partial charge in [0.25, 0.3) is 0 Å². The van der Waals surface area contributed by atoms with E-state index in [0.29, 0.717) is 0 Å². The van der Waals surface area contributed by atoms with Crippen molar-refractivity contribution in [1.29, 1.82) is 0 Å². The van der Waals surface area contributed by atoms with E-state index in [9.17, 15) is 4.79 Å². The van der Waals surface area contributed by atoms with Crippen molar-refractivity contribution in [3.8, 4) is 0 Å². The van der Waals surface area contributed by atoms with Crippen molar-refractivity contribution in [3.05, 3.63) is 23.7 Å². The predicted octanol–water partition coefficient (Wildman–Crippen LogP) is 3.44. The second-order valence-corrected chi connectivity index (χ2v) is 6.97. The number of esters is 1. The van der Waals surface area contributed by atoms with Crippen molar-refractivity contribution in [1.82, 2.24) is 0 Å². The molecule has 114 valence electrons. The van der Waals surface area contributed by atoms with Gasteiger partial charge in [0.05, 0.1) is 11.0 Å². The van der Waals surface area contributed by atoms with E-state index in [-0.39, 0.29) is 23.0 Å². The molecule has 0 saturated heterocycles. The van der Waals surface area contributed by atoms with Gasteiger partial charge in [-0.25, -0.2) is 0 Å². The fourth-order valence-corrected chi connectivity index (χ4v) is 2.87. The zero-order valence-corrected chi connectivity index (χ0v) is 13.8. The summed E-state index contributed by atoms with van der Waals surface area (Å²) in [5.74, 6) is 1.73. The minimum Gasteiger partial charge on any atom is -0.465 e. The lowest BCUT2D eigenvalue weighted by Gasteiger charge is -2.22. The lowest BCUT2D eigenvalue weighted by molar-refractivity contribution is -0.151. The molecule has 5 heteroatoms. The molecule has 1 heterocycles. The van der Waals surface area contributed by atoms with Gasteiger partial charge in [0.1, 0.15) is 17.1 Å². The van der Waals surface area contributed by atoms with Crippen LogP contribution in [0.2, 0.25) is 0 Å². The van der Waals surface area contributed by atoms with Crippen molar-refractivity contribution in [2.24, 2.45) is 5.73 Å². The quantitative estimate of drug-likeness (QED) is 0.815. The summed E-state index contributed by atoms with van der Waals surface area (Å²) in [5, 5.41) is -0.0266. The molecular formula is C15H25NO3S. The molecule has 0 aliphatic rings. The van der Waals surface area contributed by atoms with Gasteiger partial charge < -0.3 is 14.9 Å². The Labute approximate surface area is 125 Å². The second kappa shape index (κ2) is 7.18. The summed E-state index contributed by atoms with van der Waals surface area (Å²) in [5.41, 5.74) is 5.68. The van der Waals surface area contributed by atoms with Crippen LogP contribution >= 0.6 is 11.8 Å². The Bertz CT molecular complexity index is 437. The van der Waals surface area contributed by atoms with Crippen LogP contribution in [0.4, 0.5) is 0 Å². The molecule has 2 N–H and O–H groups in total. The number of nitrogens with two attached hydrogens (primary N) is 1. The van der Waals surface area contributed by atoms with Crippen molar-refractivity contribution in [3.63, 3.8) is 0 Å². The molecule has 0 aromatic carbocycles. The Kier molecular flexibility index (Phi) is 6.14. The Hall–Kier alpha value is -0.940. The van der Waals surface area contributed by atoms with Gasteiger partial charge in [0.15, 0.2) is 0 Å². The number of carbonyl (C=O) groups excluding carboxylic acids is 1. The van der Waals surface area contributed by atoms with Crippen LogP contribution in [0.3, 0.4) is 0 Å². The molecule has 4 nitrogen and oxygen atoms in total. The van der Waals surface area contributed by atoms with Gasteiger partial charge in [0.2, 0.25) is 0 Å². The second-order valence-electron chi connectivity index (χ2n) is 5.84. The highest BCUT2D eigenvalue weighted by molar-refractivity contribution is 8.00. The van der Waals surface area contributed by atoms with Crippen molar-refractivity contribution < 1.29 is 13.9 Å². The molecule has 2 unspecified atom stereocenters. The maximum atomic E-state index is 11.8. The largest absolute Gasteiger partial charge is 0.465 e. The van der Waals surface area contributed by atoms with Crippen LogP contribution in [0.25, 0.3) is 0 Å². The summed E-state index contributed by atoms with van der Waals surface area (Å²) in [4.78, 5) is 11.8. The Balaban J connectivity index is 2.65. The molecule has 0 aliphatic carbocycles. The van der Waals surface area contributed by atoms with Crippen LogP contribution in [-0.4, -0.2) is 23.4 Å². The lowest BCUT2D eigenvalue weighted by Crippen LogP contribution is -2.28. The van der Waals surface area contributed by atoms with E-state index < -0.39 is 5.60 Å². The summed E-state index contributed by atoms with van der Waals surface area (Å²) in [6.45, 7) is 9.51. The number of ether oxygens (including phenoxy) is 1. The van der Waals surface area contributed by atoms with E-state index in [1.807, 2.05) is 46.8 Å². The topological polar surface area (TPSA) is 65.5 Å². The molecular weight excluding hydrogens is 274 g/mol. The van der Waals surface area contributed by atoms with Crippen molar-refractivity contribution in [2.75, 3.05) is 5.75 Å². The molecule has 0 aliphatic heterocycles. The molecule has 1 aromatic heterocycles. The molecule has 0 fully saturated rings. The Morgan fingerprint density at radius 3 is 2.55 bits per heavy atom. The number of aryl methyl sites for hydroxylation is 1. The normalized spacial score (nSPS) is 14.9. The first-order valence-corrected chi connectivity index (χ1v) is 7.93. The summed E-state index contributed by atoms with van der Waals surface area (Å²) >= 11 is 1.48. The van der Waals surface area contributed by atoms with Crippen LogP contribution in [0.5, 0.6) is 0 Å². The van der Waals surface area contributed by atoms with Crippen LogP contribution in [0, 0.1) is 6.92 Å². The summed E-state index contributed by atoms with van der Waals surface area (Å²) in [7, 11) is 0. The number of hydrogen-bond donors (Lipinski definition) is 1. The lowest BCUT2D eigenvalue weighted by atomic mass is 10.1. The Morgan fingerprint density at radius 1 is 1.45 bits per heavy atom. The standard InChI is InChI=1S/C15H25NO3S/c1-6-11(16)14(12-8-7-10(2)18-12)20-9-13(17)19-15(3,4)5/h7-8,11,14H,6,9,16H2,1-5H3. The van der Waals surface area contributed by atoms with Crippen LogP contribution in [0.15, 0.2) is 16.5 Å². The minimum absolute atomic E-state index is 0.0266. The Morgan fingerprint density at radius 2 is 2.10 bits per heavy atom. The van der Waals surface area contributed by atoms with Crippen LogP contribution < -0.4 is 5.73 Å². The highest BCUT2D eigenvalue weighted by Crippen LogP contribution is 2.34. The van der Waals surface area contributed by atoms with Gasteiger partial charge in [-0.1, -0.05) is 6.92 Å². The fourth-order valence-electron chi connectivity index (χ4n) is 1.77. The summed E-state index contributed by atoms with van der Waals surface area (Å²) < 4.78 is 11.0. The number of furan rings is 1. The zero-order chi connectivity index (χ0) is 15.3. The highest BCUT2D eigenvalue weighted by atomic mass is 32.2.